The van der Waals surface area contributed by atoms with Crippen molar-refractivity contribution in [3.63, 3.8) is 0 Å². The number of carbonyl (C=O) groups excluding carboxylic acids is 1. The predicted octanol–water partition coefficient (Wildman–Crippen LogP) is 9.91. The van der Waals surface area contributed by atoms with Crippen LogP contribution in [-0.4, -0.2) is 33.3 Å². The summed E-state index contributed by atoms with van der Waals surface area (Å²) in [6.07, 6.45) is 24.7. The van der Waals surface area contributed by atoms with Gasteiger partial charge in [0.1, 0.15) is 0 Å². The topological polar surface area (TPSA) is 37.3 Å². The molecule has 0 spiro atoms. The highest BCUT2D eigenvalue weighted by Gasteiger charge is 2.64. The van der Waals surface area contributed by atoms with Crippen LogP contribution in [0.5, 0.6) is 0 Å². The van der Waals surface area contributed by atoms with Crippen molar-refractivity contribution in [2.75, 3.05) is 16.8 Å². The molecule has 4 heteroatoms. The van der Waals surface area contributed by atoms with Crippen LogP contribution in [0.4, 0.5) is 0 Å². The van der Waals surface area contributed by atoms with Gasteiger partial charge in [0.2, 0.25) is 0 Å². The van der Waals surface area contributed by atoms with E-state index in [0.29, 0.717) is 23.5 Å². The zero-order valence-electron chi connectivity index (χ0n) is 24.9. The van der Waals surface area contributed by atoms with Crippen molar-refractivity contribution < 1.29 is 9.90 Å². The van der Waals surface area contributed by atoms with E-state index in [-0.39, 0.29) is 10.8 Å². The van der Waals surface area contributed by atoms with Gasteiger partial charge in [0, 0.05) is 11.8 Å². The van der Waals surface area contributed by atoms with Crippen molar-refractivity contribution in [2.45, 2.75) is 142 Å². The molecule has 4 rings (SSSR count). The lowest BCUT2D eigenvalue weighted by molar-refractivity contribution is -0.135. The Kier molecular flexibility index (Phi) is 11.4. The fraction of sp³-hybridized carbons (Fsp3) is 0.912. The van der Waals surface area contributed by atoms with Crippen LogP contribution >= 0.6 is 27.7 Å². The molecule has 7 atom stereocenters. The molecule has 0 aliphatic heterocycles. The van der Waals surface area contributed by atoms with Gasteiger partial charge in [0.15, 0.2) is 5.78 Å². The molecule has 0 amide bonds. The Morgan fingerprint density at radius 2 is 1.50 bits per heavy atom. The fourth-order valence-corrected chi connectivity index (χ4v) is 10.7. The molecule has 0 bridgehead atoms. The van der Waals surface area contributed by atoms with Crippen LogP contribution in [0.25, 0.3) is 0 Å². The summed E-state index contributed by atoms with van der Waals surface area (Å²) in [5.74, 6) is 5.85. The smallest absolute Gasteiger partial charge is 0.155 e. The Labute approximate surface area is 247 Å². The molecule has 0 unspecified atom stereocenters. The third-order valence-electron chi connectivity index (χ3n) is 12.0. The lowest BCUT2D eigenvalue weighted by atomic mass is 9.44. The first-order valence-electron chi connectivity index (χ1n) is 16.3. The average Bonchev–Trinajstić information content (AvgIpc) is 3.13. The van der Waals surface area contributed by atoms with Crippen molar-refractivity contribution >= 4 is 33.5 Å². The molecule has 4 aliphatic carbocycles. The molecule has 3 saturated carbocycles. The number of ketones is 1. The van der Waals surface area contributed by atoms with Gasteiger partial charge in [-0.05, 0) is 123 Å². The quantitative estimate of drug-likeness (QED) is 0.148. The maximum absolute atomic E-state index is 12.4. The SMILES string of the molecule is C[C@]12CCC(=O)C=C1C[C@@H](CCCCCCCCCSCCCCCBr)[C@@H]1[C@@H]2CC[C@@]2(C)[C@H]1CC[C@]2(C)O. The van der Waals surface area contributed by atoms with Gasteiger partial charge in [-0.15, -0.1) is 0 Å². The largest absolute Gasteiger partial charge is 0.390 e. The van der Waals surface area contributed by atoms with Crippen molar-refractivity contribution in [1.29, 1.82) is 0 Å². The average molecular weight is 610 g/mol. The molecule has 1 N–H and O–H groups in total. The summed E-state index contributed by atoms with van der Waals surface area (Å²) >= 11 is 5.68. The first kappa shape index (κ1) is 31.1. The molecule has 0 saturated heterocycles. The van der Waals surface area contributed by atoms with E-state index in [4.69, 9.17) is 0 Å². The van der Waals surface area contributed by atoms with Crippen LogP contribution in [-0.2, 0) is 4.79 Å². The third-order valence-corrected chi connectivity index (χ3v) is 13.7. The summed E-state index contributed by atoms with van der Waals surface area (Å²) in [5.41, 5.74) is 1.27. The number of hydrogen-bond donors (Lipinski definition) is 1. The fourth-order valence-electron chi connectivity index (χ4n) is 9.32. The van der Waals surface area contributed by atoms with E-state index in [9.17, 15) is 9.90 Å². The molecule has 3 fully saturated rings. The first-order chi connectivity index (χ1) is 18.2. The number of fused-ring (bicyclic) bond motifs is 5. The van der Waals surface area contributed by atoms with Gasteiger partial charge in [-0.2, -0.15) is 11.8 Å². The number of aliphatic hydroxyl groups is 1. The maximum atomic E-state index is 12.4. The molecule has 4 aliphatic rings. The Morgan fingerprint density at radius 1 is 0.868 bits per heavy atom. The van der Waals surface area contributed by atoms with Crippen LogP contribution in [0.2, 0.25) is 0 Å². The molecule has 0 aromatic rings. The summed E-state index contributed by atoms with van der Waals surface area (Å²) in [5, 5.41) is 12.6. The number of alkyl halides is 1. The minimum atomic E-state index is -0.515. The Balaban J connectivity index is 1.24. The minimum Gasteiger partial charge on any atom is -0.390 e. The van der Waals surface area contributed by atoms with Crippen LogP contribution in [0.3, 0.4) is 0 Å². The van der Waals surface area contributed by atoms with Crippen LogP contribution in [0, 0.1) is 34.5 Å². The first-order valence-corrected chi connectivity index (χ1v) is 18.6. The van der Waals surface area contributed by atoms with E-state index in [1.54, 1.807) is 0 Å². The number of hydrogen-bond acceptors (Lipinski definition) is 3. The molecule has 0 radical (unpaired) electrons. The second-order valence-electron chi connectivity index (χ2n) is 14.2. The second-order valence-corrected chi connectivity index (χ2v) is 16.2. The van der Waals surface area contributed by atoms with E-state index in [2.05, 4.69) is 54.5 Å². The molecule has 2 nitrogen and oxygen atoms in total. The molecule has 0 aromatic heterocycles. The van der Waals surface area contributed by atoms with E-state index < -0.39 is 5.60 Å². The lowest BCUT2D eigenvalue weighted by Crippen LogP contribution is -2.56. The summed E-state index contributed by atoms with van der Waals surface area (Å²) in [6.45, 7) is 7.04. The molecular formula is C34H57BrO2S. The Morgan fingerprint density at radius 3 is 2.21 bits per heavy atom. The summed E-state index contributed by atoms with van der Waals surface area (Å²) < 4.78 is 0. The highest BCUT2D eigenvalue weighted by atomic mass is 79.9. The van der Waals surface area contributed by atoms with Gasteiger partial charge in [0.25, 0.3) is 0 Å². The predicted molar refractivity (Wildman–Crippen MR) is 168 cm³/mol. The van der Waals surface area contributed by atoms with Crippen molar-refractivity contribution in [1.82, 2.24) is 0 Å². The summed E-state index contributed by atoms with van der Waals surface area (Å²) in [7, 11) is 0. The van der Waals surface area contributed by atoms with Gasteiger partial charge >= 0.3 is 0 Å². The number of thioether (sulfide) groups is 1. The molecular weight excluding hydrogens is 552 g/mol. The normalized spacial score (nSPS) is 38.4. The van der Waals surface area contributed by atoms with E-state index in [1.807, 2.05) is 0 Å². The zero-order valence-corrected chi connectivity index (χ0v) is 27.3. The van der Waals surface area contributed by atoms with E-state index >= 15 is 0 Å². The zero-order chi connectivity index (χ0) is 27.2. The minimum absolute atomic E-state index is 0.0698. The highest BCUT2D eigenvalue weighted by molar-refractivity contribution is 9.09. The summed E-state index contributed by atoms with van der Waals surface area (Å²) in [4.78, 5) is 12.4. The molecule has 38 heavy (non-hydrogen) atoms. The van der Waals surface area contributed by atoms with E-state index in [1.165, 1.54) is 101 Å². The monoisotopic (exact) mass is 608 g/mol. The van der Waals surface area contributed by atoms with Gasteiger partial charge in [0.05, 0.1) is 5.60 Å². The number of carbonyl (C=O) groups is 1. The Hall–Kier alpha value is 0.200. The number of allylic oxidation sites excluding steroid dienone is 1. The van der Waals surface area contributed by atoms with Crippen molar-refractivity contribution in [3.8, 4) is 0 Å². The second kappa shape index (κ2) is 13.9. The lowest BCUT2D eigenvalue weighted by Gasteiger charge is -2.61. The molecule has 0 heterocycles. The maximum Gasteiger partial charge on any atom is 0.155 e. The van der Waals surface area contributed by atoms with Gasteiger partial charge in [-0.3, -0.25) is 4.79 Å². The van der Waals surface area contributed by atoms with Gasteiger partial charge in [-0.25, -0.2) is 0 Å². The van der Waals surface area contributed by atoms with Crippen LogP contribution in [0.15, 0.2) is 11.6 Å². The Bertz CT molecular complexity index is 808. The van der Waals surface area contributed by atoms with Crippen molar-refractivity contribution in [2.24, 2.45) is 34.5 Å². The van der Waals surface area contributed by atoms with Gasteiger partial charge < -0.3 is 5.11 Å². The molecule has 218 valence electrons. The molecule has 0 aromatic carbocycles. The van der Waals surface area contributed by atoms with Crippen molar-refractivity contribution in [3.05, 3.63) is 11.6 Å². The number of halogens is 1. The highest BCUT2D eigenvalue weighted by Crippen LogP contribution is 2.69. The van der Waals surface area contributed by atoms with Gasteiger partial charge in [-0.1, -0.05) is 80.3 Å². The van der Waals surface area contributed by atoms with Crippen LogP contribution in [0.1, 0.15) is 136 Å². The van der Waals surface area contributed by atoms with E-state index in [0.717, 1.165) is 43.4 Å². The standard InChI is InChI=1S/C34H57BrO2S/c1-32-18-15-28(36)25-27(32)24-26(31-29(32)16-19-33(2)30(31)17-20-34(33,3)37)14-10-7-5-4-6-8-12-22-38-23-13-9-11-21-35/h25-26,29-31,37H,4-24H2,1-3H3/t26-,29+,30+,31-,32+,33+,34+/m1/s1. The third kappa shape index (κ3) is 6.80. The number of rotatable bonds is 15. The summed E-state index contributed by atoms with van der Waals surface area (Å²) in [6, 6.07) is 0. The van der Waals surface area contributed by atoms with Crippen LogP contribution < -0.4 is 0 Å². The number of unbranched alkanes of at least 4 members (excludes halogenated alkanes) is 8.